The number of furan rings is 1. The summed E-state index contributed by atoms with van der Waals surface area (Å²) in [4.78, 5) is 12.6. The highest BCUT2D eigenvalue weighted by molar-refractivity contribution is 7.92. The number of benzene rings is 2. The summed E-state index contributed by atoms with van der Waals surface area (Å²) in [7, 11) is -2.21. The molecule has 0 fully saturated rings. The molecule has 9 nitrogen and oxygen atoms in total. The molecule has 11 heteroatoms. The SMILES string of the molecule is CNC(=O)c1c(OCc2ccc(F)cc2)oc2cc(N(Cc3c(C)noc3C)S(C)(=O)=O)ccc12. The zero-order valence-electron chi connectivity index (χ0n) is 19.6. The van der Waals surface area contributed by atoms with Crippen LogP contribution in [0, 0.1) is 19.7 Å². The first-order valence-electron chi connectivity index (χ1n) is 10.6. The zero-order valence-corrected chi connectivity index (χ0v) is 20.4. The van der Waals surface area contributed by atoms with E-state index in [1.807, 2.05) is 0 Å². The molecule has 4 rings (SSSR count). The highest BCUT2D eigenvalue weighted by Crippen LogP contribution is 2.36. The molecule has 0 unspecified atom stereocenters. The summed E-state index contributed by atoms with van der Waals surface area (Å²) in [6.07, 6.45) is 1.10. The Balaban J connectivity index is 1.73. The van der Waals surface area contributed by atoms with E-state index >= 15 is 0 Å². The molecular weight excluding hydrogens is 477 g/mol. The minimum atomic E-state index is -3.69. The monoisotopic (exact) mass is 501 g/mol. The molecule has 0 bridgehead atoms. The Kier molecular flexibility index (Phi) is 6.53. The highest BCUT2D eigenvalue weighted by atomic mass is 32.2. The Morgan fingerprint density at radius 2 is 1.89 bits per heavy atom. The van der Waals surface area contributed by atoms with Crippen molar-refractivity contribution >= 4 is 32.6 Å². The predicted octanol–water partition coefficient (Wildman–Crippen LogP) is 4.08. The normalized spacial score (nSPS) is 11.6. The van der Waals surface area contributed by atoms with Gasteiger partial charge in [0.25, 0.3) is 11.9 Å². The van der Waals surface area contributed by atoms with E-state index in [-0.39, 0.29) is 36.1 Å². The molecule has 0 spiro atoms. The van der Waals surface area contributed by atoms with Crippen molar-refractivity contribution in [3.05, 3.63) is 76.4 Å². The summed E-state index contributed by atoms with van der Waals surface area (Å²) in [6, 6.07) is 10.5. The maximum atomic E-state index is 13.2. The molecular formula is C24H24FN3O6S. The molecule has 35 heavy (non-hydrogen) atoms. The maximum Gasteiger partial charge on any atom is 0.299 e. The van der Waals surface area contributed by atoms with Gasteiger partial charge in [-0.3, -0.25) is 9.10 Å². The zero-order chi connectivity index (χ0) is 25.3. The van der Waals surface area contributed by atoms with E-state index in [0.29, 0.717) is 33.7 Å². The molecule has 0 atom stereocenters. The molecule has 184 valence electrons. The maximum absolute atomic E-state index is 13.2. The van der Waals surface area contributed by atoms with Gasteiger partial charge in [-0.15, -0.1) is 0 Å². The first-order chi connectivity index (χ1) is 16.6. The molecule has 0 saturated heterocycles. The van der Waals surface area contributed by atoms with Crippen LogP contribution in [0.15, 0.2) is 51.4 Å². The fraction of sp³-hybridized carbons (Fsp3) is 0.250. The quantitative estimate of drug-likeness (QED) is 0.387. The van der Waals surface area contributed by atoms with E-state index in [1.54, 1.807) is 38.1 Å². The number of aromatic nitrogens is 1. The number of anilines is 1. The van der Waals surface area contributed by atoms with Crippen molar-refractivity contribution < 1.29 is 31.3 Å². The van der Waals surface area contributed by atoms with Crippen molar-refractivity contribution in [3.63, 3.8) is 0 Å². The third kappa shape index (κ3) is 4.99. The standard InChI is InChI=1S/C24H24FN3O6S/c1-14-20(15(2)34-27-14)12-28(35(4,30)31)18-9-10-19-21(11-18)33-24(22(19)23(29)26-3)32-13-16-5-7-17(25)8-6-16/h5-11H,12-13H2,1-4H3,(H,26,29). The summed E-state index contributed by atoms with van der Waals surface area (Å²) in [6.45, 7) is 3.51. The Morgan fingerprint density at radius 3 is 2.49 bits per heavy atom. The average Bonchev–Trinajstić information content (AvgIpc) is 3.34. The Morgan fingerprint density at radius 1 is 1.17 bits per heavy atom. The van der Waals surface area contributed by atoms with Gasteiger partial charge in [0.15, 0.2) is 0 Å². The Labute approximate surface area is 201 Å². The van der Waals surface area contributed by atoms with Gasteiger partial charge in [0, 0.05) is 24.1 Å². The van der Waals surface area contributed by atoms with E-state index in [4.69, 9.17) is 13.7 Å². The van der Waals surface area contributed by atoms with Crippen molar-refractivity contribution in [2.24, 2.45) is 0 Å². The summed E-state index contributed by atoms with van der Waals surface area (Å²) in [5, 5.41) is 6.90. The number of sulfonamides is 1. The lowest BCUT2D eigenvalue weighted by molar-refractivity contribution is 0.0956. The third-order valence-electron chi connectivity index (χ3n) is 5.55. The highest BCUT2D eigenvalue weighted by Gasteiger charge is 2.26. The van der Waals surface area contributed by atoms with Crippen molar-refractivity contribution in [2.75, 3.05) is 17.6 Å². The van der Waals surface area contributed by atoms with Gasteiger partial charge >= 0.3 is 0 Å². The van der Waals surface area contributed by atoms with Crippen LogP contribution >= 0.6 is 0 Å². The lowest BCUT2D eigenvalue weighted by Gasteiger charge is -2.22. The van der Waals surface area contributed by atoms with Gasteiger partial charge in [0.05, 0.1) is 24.2 Å². The number of ether oxygens (including phenoxy) is 1. The summed E-state index contributed by atoms with van der Waals surface area (Å²) in [5.74, 6) is -0.310. The van der Waals surface area contributed by atoms with Crippen LogP contribution in [-0.2, 0) is 23.2 Å². The van der Waals surface area contributed by atoms with Crippen LogP contribution in [0.1, 0.15) is 32.9 Å². The van der Waals surface area contributed by atoms with E-state index in [0.717, 1.165) is 6.26 Å². The molecule has 2 aromatic heterocycles. The minimum absolute atomic E-state index is 0.0163. The molecule has 0 radical (unpaired) electrons. The molecule has 1 N–H and O–H groups in total. The summed E-state index contributed by atoms with van der Waals surface area (Å²) >= 11 is 0. The van der Waals surface area contributed by atoms with Crippen LogP contribution in [0.25, 0.3) is 11.0 Å². The number of fused-ring (bicyclic) bond motifs is 1. The average molecular weight is 502 g/mol. The number of halogens is 1. The summed E-state index contributed by atoms with van der Waals surface area (Å²) < 4.78 is 56.5. The molecule has 4 aromatic rings. The van der Waals surface area contributed by atoms with Gasteiger partial charge in [0.1, 0.15) is 29.3 Å². The number of carbonyl (C=O) groups is 1. The fourth-order valence-corrected chi connectivity index (χ4v) is 4.52. The van der Waals surface area contributed by atoms with Gasteiger partial charge in [-0.25, -0.2) is 12.8 Å². The van der Waals surface area contributed by atoms with Gasteiger partial charge < -0.3 is 19.0 Å². The lowest BCUT2D eigenvalue weighted by Crippen LogP contribution is -2.29. The Hall–Kier alpha value is -3.86. The van der Waals surface area contributed by atoms with Gasteiger partial charge in [0.2, 0.25) is 10.0 Å². The number of hydrogen-bond donors (Lipinski definition) is 1. The van der Waals surface area contributed by atoms with Gasteiger partial charge in [-0.2, -0.15) is 0 Å². The largest absolute Gasteiger partial charge is 0.460 e. The number of aryl methyl sites for hydroxylation is 2. The van der Waals surface area contributed by atoms with E-state index < -0.39 is 15.9 Å². The number of nitrogens with one attached hydrogen (secondary N) is 1. The third-order valence-corrected chi connectivity index (χ3v) is 6.69. The second-order valence-corrected chi connectivity index (χ2v) is 9.92. The van der Waals surface area contributed by atoms with E-state index in [1.165, 1.54) is 29.6 Å². The van der Waals surface area contributed by atoms with E-state index in [2.05, 4.69) is 10.5 Å². The molecule has 0 saturated carbocycles. The van der Waals surface area contributed by atoms with Gasteiger partial charge in [-0.05, 0) is 43.7 Å². The number of hydrogen-bond acceptors (Lipinski definition) is 7. The van der Waals surface area contributed by atoms with Crippen molar-refractivity contribution in [3.8, 4) is 5.95 Å². The number of carbonyl (C=O) groups excluding carboxylic acids is 1. The van der Waals surface area contributed by atoms with Crippen LogP contribution in [0.4, 0.5) is 10.1 Å². The van der Waals surface area contributed by atoms with Gasteiger partial charge in [-0.1, -0.05) is 17.3 Å². The smallest absolute Gasteiger partial charge is 0.299 e. The second-order valence-electron chi connectivity index (χ2n) is 8.01. The number of amides is 1. The van der Waals surface area contributed by atoms with Crippen LogP contribution < -0.4 is 14.4 Å². The van der Waals surface area contributed by atoms with Crippen LogP contribution in [-0.4, -0.2) is 32.8 Å². The van der Waals surface area contributed by atoms with Crippen LogP contribution in [0.3, 0.4) is 0 Å². The topological polar surface area (TPSA) is 115 Å². The molecule has 2 aromatic carbocycles. The molecule has 0 aliphatic heterocycles. The predicted molar refractivity (Wildman–Crippen MR) is 127 cm³/mol. The molecule has 0 aliphatic rings. The first-order valence-corrected chi connectivity index (χ1v) is 12.5. The van der Waals surface area contributed by atoms with Crippen LogP contribution in [0.5, 0.6) is 5.95 Å². The first kappa shape index (κ1) is 24.3. The molecule has 1 amide bonds. The van der Waals surface area contributed by atoms with Crippen molar-refractivity contribution in [1.82, 2.24) is 10.5 Å². The van der Waals surface area contributed by atoms with Crippen LogP contribution in [0.2, 0.25) is 0 Å². The number of rotatable bonds is 8. The van der Waals surface area contributed by atoms with E-state index in [9.17, 15) is 17.6 Å². The fourth-order valence-electron chi connectivity index (χ4n) is 3.66. The summed E-state index contributed by atoms with van der Waals surface area (Å²) in [5.41, 5.74) is 2.70. The minimum Gasteiger partial charge on any atom is -0.460 e. The molecule has 0 aliphatic carbocycles. The molecule has 2 heterocycles. The lowest BCUT2D eigenvalue weighted by atomic mass is 10.1. The second kappa shape index (κ2) is 9.41. The van der Waals surface area contributed by atoms with Crippen molar-refractivity contribution in [2.45, 2.75) is 27.0 Å². The Bertz CT molecular complexity index is 1470. The number of nitrogens with zero attached hydrogens (tertiary/aromatic N) is 2. The van der Waals surface area contributed by atoms with Crippen molar-refractivity contribution in [1.29, 1.82) is 0 Å².